The molecule has 0 amide bonds. The van der Waals surface area contributed by atoms with Gasteiger partial charge in [0, 0.05) is 5.56 Å². The highest BCUT2D eigenvalue weighted by molar-refractivity contribution is 7.94. The van der Waals surface area contributed by atoms with Crippen molar-refractivity contribution in [2.45, 2.75) is 35.8 Å². The zero-order chi connectivity index (χ0) is 26.6. The lowest BCUT2D eigenvalue weighted by molar-refractivity contribution is 0.102. The summed E-state index contributed by atoms with van der Waals surface area (Å²) in [6.07, 6.45) is 0. The number of ether oxygens (including phenoxy) is 1. The van der Waals surface area contributed by atoms with Crippen molar-refractivity contribution >= 4 is 25.6 Å². The Kier molecular flexibility index (Phi) is 8.01. The molecule has 0 bridgehead atoms. The van der Waals surface area contributed by atoms with Crippen LogP contribution in [-0.2, 0) is 26.5 Å². The predicted octanol–water partition coefficient (Wildman–Crippen LogP) is 2.69. The summed E-state index contributed by atoms with van der Waals surface area (Å²) in [6.45, 7) is 3.22. The minimum Gasteiger partial charge on any atom is -0.488 e. The maximum Gasteiger partial charge on any atom is 0.239 e. The van der Waals surface area contributed by atoms with E-state index in [1.54, 1.807) is 0 Å². The molecule has 0 saturated carbocycles. The third kappa shape index (κ3) is 7.26. The molecule has 36 heavy (non-hydrogen) atoms. The number of carbonyl (C=O) groups is 1. The summed E-state index contributed by atoms with van der Waals surface area (Å²) in [7, 11) is -8.67. The van der Waals surface area contributed by atoms with Gasteiger partial charge in [-0.25, -0.2) is 22.0 Å². The van der Waals surface area contributed by atoms with E-state index in [-0.39, 0.29) is 17.7 Å². The van der Waals surface area contributed by atoms with Crippen LogP contribution in [0.5, 0.6) is 5.75 Å². The Morgan fingerprint density at radius 1 is 0.944 bits per heavy atom. The molecule has 0 aliphatic carbocycles. The number of sulfonamides is 1. The lowest BCUT2D eigenvalue weighted by Crippen LogP contribution is -2.21. The minimum absolute atomic E-state index is 0.0266. The van der Waals surface area contributed by atoms with Gasteiger partial charge in [-0.1, -0.05) is 54.3 Å². The molecule has 3 rings (SSSR count). The van der Waals surface area contributed by atoms with Crippen LogP contribution in [-0.4, -0.2) is 39.1 Å². The number of rotatable bonds is 8. The number of benzene rings is 3. The van der Waals surface area contributed by atoms with Gasteiger partial charge in [0.2, 0.25) is 10.0 Å². The second-order valence-corrected chi connectivity index (χ2v) is 12.0. The van der Waals surface area contributed by atoms with Crippen LogP contribution in [0, 0.1) is 11.8 Å². The fourth-order valence-corrected chi connectivity index (χ4v) is 5.83. The van der Waals surface area contributed by atoms with E-state index >= 15 is 0 Å². The number of Topliss-reactive ketones (excluding diaryl/α,β-unsaturated/α-hetero) is 1. The molecule has 0 aromatic heterocycles. The average Bonchev–Trinajstić information content (AvgIpc) is 2.81. The molecule has 0 unspecified atom stereocenters. The highest BCUT2D eigenvalue weighted by Gasteiger charge is 2.27. The van der Waals surface area contributed by atoms with Gasteiger partial charge < -0.3 is 9.84 Å². The molecule has 3 aromatic rings. The van der Waals surface area contributed by atoms with Crippen LogP contribution in [0.15, 0.2) is 82.6 Å². The summed E-state index contributed by atoms with van der Waals surface area (Å²) in [5, 5.41) is 15.2. The monoisotopic (exact) mass is 527 g/mol. The van der Waals surface area contributed by atoms with Crippen molar-refractivity contribution in [3.05, 3.63) is 89.5 Å². The second kappa shape index (κ2) is 10.6. The summed E-state index contributed by atoms with van der Waals surface area (Å²) in [5.41, 5.74) is -0.115. The smallest absolute Gasteiger partial charge is 0.239 e. The Bertz CT molecular complexity index is 1550. The van der Waals surface area contributed by atoms with Crippen LogP contribution in [0.1, 0.15) is 35.3 Å². The molecule has 0 saturated heterocycles. The molecule has 3 aromatic carbocycles. The number of aliphatic hydroxyl groups is 1. The second-order valence-electron chi connectivity index (χ2n) is 8.47. The van der Waals surface area contributed by atoms with Gasteiger partial charge in [0.05, 0.1) is 10.5 Å². The average molecular weight is 528 g/mol. The van der Waals surface area contributed by atoms with Crippen molar-refractivity contribution in [2.24, 2.45) is 5.14 Å². The van der Waals surface area contributed by atoms with Crippen LogP contribution in [0.25, 0.3) is 0 Å². The lowest BCUT2D eigenvalue weighted by Gasteiger charge is -2.12. The molecule has 0 aliphatic heterocycles. The van der Waals surface area contributed by atoms with Gasteiger partial charge in [-0.3, -0.25) is 4.79 Å². The SMILES string of the molecule is CC(C)(O)C#Cc1cc(C(=O)CS(=O)(=O)c2ccccc2S(N)(=O)=O)ccc1OCc1ccccc1. The Labute approximate surface area is 210 Å². The third-order valence-electron chi connectivity index (χ3n) is 4.85. The molecular weight excluding hydrogens is 502 g/mol. The van der Waals surface area contributed by atoms with Crippen LogP contribution in [0.4, 0.5) is 0 Å². The van der Waals surface area contributed by atoms with Crippen molar-refractivity contribution < 1.29 is 31.5 Å². The summed E-state index contributed by atoms with van der Waals surface area (Å²) >= 11 is 0. The van der Waals surface area contributed by atoms with Crippen molar-refractivity contribution in [3.8, 4) is 17.6 Å². The molecule has 0 radical (unpaired) electrons. The number of primary sulfonamides is 1. The van der Waals surface area contributed by atoms with Gasteiger partial charge in [-0.05, 0) is 49.7 Å². The van der Waals surface area contributed by atoms with Crippen molar-refractivity contribution in [2.75, 3.05) is 5.75 Å². The van der Waals surface area contributed by atoms with E-state index < -0.39 is 46.8 Å². The van der Waals surface area contributed by atoms with E-state index in [9.17, 15) is 26.7 Å². The summed E-state index contributed by atoms with van der Waals surface area (Å²) in [4.78, 5) is 11.8. The molecule has 0 heterocycles. The van der Waals surface area contributed by atoms with Crippen LogP contribution in [0.3, 0.4) is 0 Å². The van der Waals surface area contributed by atoms with Gasteiger partial charge in [0.1, 0.15) is 28.6 Å². The van der Waals surface area contributed by atoms with Crippen LogP contribution in [0.2, 0.25) is 0 Å². The largest absolute Gasteiger partial charge is 0.488 e. The fraction of sp³-hybridized carbons (Fsp3) is 0.192. The molecule has 0 fully saturated rings. The molecule has 3 N–H and O–H groups in total. The number of sulfone groups is 1. The Morgan fingerprint density at radius 2 is 1.56 bits per heavy atom. The maximum absolute atomic E-state index is 12.9. The van der Waals surface area contributed by atoms with E-state index in [1.807, 2.05) is 30.3 Å². The fourth-order valence-electron chi connectivity index (χ4n) is 3.16. The standard InChI is InChI=1S/C26H25NO7S2/c1-26(2,29)15-14-21-16-20(12-13-23(21)34-17-19-8-4-3-5-9-19)22(28)18-35(30,31)24-10-6-7-11-25(24)36(27,32)33/h3-13,16,29H,17-18H2,1-2H3,(H2,27,32,33). The van der Waals surface area contributed by atoms with E-state index in [0.29, 0.717) is 5.75 Å². The Morgan fingerprint density at radius 3 is 2.17 bits per heavy atom. The summed E-state index contributed by atoms with van der Waals surface area (Å²) in [5.74, 6) is 4.02. The van der Waals surface area contributed by atoms with Gasteiger partial charge in [-0.15, -0.1) is 0 Å². The molecule has 8 nitrogen and oxygen atoms in total. The first kappa shape index (κ1) is 27.1. The van der Waals surface area contributed by atoms with Crippen molar-refractivity contribution in [3.63, 3.8) is 0 Å². The van der Waals surface area contributed by atoms with Crippen molar-refractivity contribution in [1.29, 1.82) is 0 Å². The number of hydrogen-bond donors (Lipinski definition) is 2. The number of ketones is 1. The first-order valence-corrected chi connectivity index (χ1v) is 13.9. The van der Waals surface area contributed by atoms with Gasteiger partial charge in [-0.2, -0.15) is 0 Å². The topological polar surface area (TPSA) is 141 Å². The van der Waals surface area contributed by atoms with E-state index in [2.05, 4.69) is 11.8 Å². The lowest BCUT2D eigenvalue weighted by atomic mass is 10.1. The number of nitrogens with two attached hydrogens (primary N) is 1. The van der Waals surface area contributed by atoms with Gasteiger partial charge in [0.25, 0.3) is 0 Å². The van der Waals surface area contributed by atoms with Gasteiger partial charge >= 0.3 is 0 Å². The highest BCUT2D eigenvalue weighted by atomic mass is 32.2. The molecule has 0 atom stereocenters. The highest BCUT2D eigenvalue weighted by Crippen LogP contribution is 2.24. The normalized spacial score (nSPS) is 11.9. The molecule has 0 aliphatic rings. The molecule has 188 valence electrons. The maximum atomic E-state index is 12.9. The van der Waals surface area contributed by atoms with Crippen LogP contribution >= 0.6 is 0 Å². The number of hydrogen-bond acceptors (Lipinski definition) is 7. The van der Waals surface area contributed by atoms with Gasteiger partial charge in [0.15, 0.2) is 15.6 Å². The first-order valence-electron chi connectivity index (χ1n) is 10.7. The Hall–Kier alpha value is -3.49. The van der Waals surface area contributed by atoms with E-state index in [1.165, 1.54) is 44.2 Å². The molecular formula is C26H25NO7S2. The minimum atomic E-state index is -4.34. The molecule has 0 spiro atoms. The van der Waals surface area contributed by atoms with Crippen molar-refractivity contribution in [1.82, 2.24) is 0 Å². The van der Waals surface area contributed by atoms with Crippen LogP contribution < -0.4 is 9.88 Å². The summed E-state index contributed by atoms with van der Waals surface area (Å²) < 4.78 is 55.4. The zero-order valence-corrected chi connectivity index (χ0v) is 21.3. The molecule has 10 heteroatoms. The third-order valence-corrected chi connectivity index (χ3v) is 7.62. The van der Waals surface area contributed by atoms with E-state index in [4.69, 9.17) is 9.88 Å². The Balaban J connectivity index is 1.94. The quantitative estimate of drug-likeness (QED) is 0.339. The number of carbonyl (C=O) groups excluding carboxylic acids is 1. The predicted molar refractivity (Wildman–Crippen MR) is 135 cm³/mol. The summed E-state index contributed by atoms with van der Waals surface area (Å²) in [6, 6.07) is 18.5. The zero-order valence-electron chi connectivity index (χ0n) is 19.6. The first-order chi connectivity index (χ1) is 16.8. The van der Waals surface area contributed by atoms with E-state index in [0.717, 1.165) is 17.7 Å².